The van der Waals surface area contributed by atoms with Gasteiger partial charge in [0, 0.05) is 34.9 Å². The molecule has 0 spiro atoms. The molecule has 2 atom stereocenters. The molecule has 0 aliphatic carbocycles. The van der Waals surface area contributed by atoms with Crippen LogP contribution in [0.15, 0.2) is 12.4 Å². The normalized spacial score (nSPS) is 14.5. The van der Waals surface area contributed by atoms with E-state index in [2.05, 4.69) is 15.3 Å². The summed E-state index contributed by atoms with van der Waals surface area (Å²) in [4.78, 5) is 7.79. The molecule has 6 heteroatoms. The highest BCUT2D eigenvalue weighted by molar-refractivity contribution is 7.84. The summed E-state index contributed by atoms with van der Waals surface area (Å²) in [5.41, 5.74) is 5.50. The van der Waals surface area contributed by atoms with E-state index in [9.17, 15) is 4.21 Å². The second-order valence-corrected chi connectivity index (χ2v) is 5.15. The summed E-state index contributed by atoms with van der Waals surface area (Å²) in [5, 5.41) is 3.30. The molecule has 0 amide bonds. The highest BCUT2D eigenvalue weighted by atomic mass is 32.2. The smallest absolute Gasteiger partial charge is 0.131 e. The van der Waals surface area contributed by atoms with Gasteiger partial charge in [-0.05, 0) is 6.42 Å². The standard InChI is InChI=1S/C9H16N4OS/c1-7(15(2)14)3-4-11-9-5-8(10)12-6-13-9/h5-7H,3-4H2,1-2H3,(H3,10,11,12,13). The van der Waals surface area contributed by atoms with Crippen LogP contribution in [0.25, 0.3) is 0 Å². The zero-order valence-corrected chi connectivity index (χ0v) is 9.75. The Labute approximate surface area is 92.0 Å². The summed E-state index contributed by atoms with van der Waals surface area (Å²) < 4.78 is 11.1. The Morgan fingerprint density at radius 1 is 1.60 bits per heavy atom. The van der Waals surface area contributed by atoms with Crippen molar-refractivity contribution in [3.8, 4) is 0 Å². The minimum atomic E-state index is -0.770. The Balaban J connectivity index is 2.35. The lowest BCUT2D eigenvalue weighted by Crippen LogP contribution is -2.15. The highest BCUT2D eigenvalue weighted by Crippen LogP contribution is 2.06. The quantitative estimate of drug-likeness (QED) is 0.772. The third-order valence-electron chi connectivity index (χ3n) is 2.11. The van der Waals surface area contributed by atoms with Gasteiger partial charge in [0.05, 0.1) is 0 Å². The number of nitrogens with one attached hydrogen (secondary N) is 1. The van der Waals surface area contributed by atoms with Crippen molar-refractivity contribution in [3.63, 3.8) is 0 Å². The van der Waals surface area contributed by atoms with E-state index < -0.39 is 10.8 Å². The molecule has 0 fully saturated rings. The fourth-order valence-corrected chi connectivity index (χ4v) is 1.49. The van der Waals surface area contributed by atoms with Crippen molar-refractivity contribution in [1.29, 1.82) is 0 Å². The first-order valence-electron chi connectivity index (χ1n) is 4.73. The predicted molar refractivity (Wildman–Crippen MR) is 63.1 cm³/mol. The average Bonchev–Trinajstić information content (AvgIpc) is 2.17. The van der Waals surface area contributed by atoms with Gasteiger partial charge in [-0.1, -0.05) is 6.92 Å². The van der Waals surface area contributed by atoms with Crippen molar-refractivity contribution in [2.75, 3.05) is 23.9 Å². The third kappa shape index (κ3) is 4.24. The molecule has 1 aromatic rings. The summed E-state index contributed by atoms with van der Waals surface area (Å²) in [5.74, 6) is 1.15. The number of hydrogen-bond acceptors (Lipinski definition) is 5. The molecule has 0 aliphatic rings. The van der Waals surface area contributed by atoms with E-state index >= 15 is 0 Å². The summed E-state index contributed by atoms with van der Waals surface area (Å²) in [6, 6.07) is 1.67. The van der Waals surface area contributed by atoms with E-state index in [4.69, 9.17) is 5.73 Å². The molecule has 0 radical (unpaired) electrons. The van der Waals surface area contributed by atoms with Crippen molar-refractivity contribution in [2.45, 2.75) is 18.6 Å². The first kappa shape index (κ1) is 11.9. The average molecular weight is 228 g/mol. The molecule has 0 saturated carbocycles. The van der Waals surface area contributed by atoms with Crippen molar-refractivity contribution >= 4 is 22.4 Å². The number of anilines is 2. The van der Waals surface area contributed by atoms with E-state index in [0.717, 1.165) is 13.0 Å². The van der Waals surface area contributed by atoms with E-state index in [-0.39, 0.29) is 5.25 Å². The van der Waals surface area contributed by atoms with Crippen LogP contribution in [0.2, 0.25) is 0 Å². The molecule has 3 N–H and O–H groups in total. The molecule has 15 heavy (non-hydrogen) atoms. The molecule has 0 aliphatic heterocycles. The largest absolute Gasteiger partial charge is 0.384 e. The lowest BCUT2D eigenvalue weighted by Gasteiger charge is -2.09. The van der Waals surface area contributed by atoms with Crippen LogP contribution < -0.4 is 11.1 Å². The molecular formula is C9H16N4OS. The van der Waals surface area contributed by atoms with Gasteiger partial charge in [0.1, 0.15) is 18.0 Å². The molecule has 1 heterocycles. The molecule has 2 unspecified atom stereocenters. The van der Waals surface area contributed by atoms with Gasteiger partial charge in [-0.2, -0.15) is 0 Å². The summed E-state index contributed by atoms with van der Waals surface area (Å²) in [7, 11) is -0.770. The topological polar surface area (TPSA) is 80.9 Å². The Morgan fingerprint density at radius 3 is 2.93 bits per heavy atom. The van der Waals surface area contributed by atoms with E-state index in [1.807, 2.05) is 6.92 Å². The van der Waals surface area contributed by atoms with Crippen LogP contribution in [0.4, 0.5) is 11.6 Å². The van der Waals surface area contributed by atoms with Gasteiger partial charge in [0.2, 0.25) is 0 Å². The lowest BCUT2D eigenvalue weighted by molar-refractivity contribution is 0.672. The highest BCUT2D eigenvalue weighted by Gasteiger charge is 2.05. The van der Waals surface area contributed by atoms with Gasteiger partial charge >= 0.3 is 0 Å². The molecule has 1 rings (SSSR count). The first-order valence-corrected chi connectivity index (χ1v) is 6.35. The van der Waals surface area contributed by atoms with E-state index in [1.165, 1.54) is 6.33 Å². The van der Waals surface area contributed by atoms with Gasteiger partial charge < -0.3 is 11.1 Å². The number of nitrogen functional groups attached to an aromatic ring is 1. The van der Waals surface area contributed by atoms with E-state index in [1.54, 1.807) is 12.3 Å². The Bertz CT molecular complexity index is 345. The maximum Gasteiger partial charge on any atom is 0.131 e. The third-order valence-corrected chi connectivity index (χ3v) is 3.48. The number of nitrogens with two attached hydrogens (primary N) is 1. The predicted octanol–water partition coefficient (Wildman–Crippen LogP) is 0.628. The molecule has 0 saturated heterocycles. The van der Waals surface area contributed by atoms with Crippen molar-refractivity contribution in [3.05, 3.63) is 12.4 Å². The van der Waals surface area contributed by atoms with Crippen molar-refractivity contribution in [2.24, 2.45) is 0 Å². The number of aromatic nitrogens is 2. The number of hydrogen-bond donors (Lipinski definition) is 2. The zero-order chi connectivity index (χ0) is 11.3. The molecular weight excluding hydrogens is 212 g/mol. The lowest BCUT2D eigenvalue weighted by atomic mass is 10.3. The zero-order valence-electron chi connectivity index (χ0n) is 8.93. The van der Waals surface area contributed by atoms with Crippen LogP contribution in [0.5, 0.6) is 0 Å². The van der Waals surface area contributed by atoms with Crippen LogP contribution in [0.1, 0.15) is 13.3 Å². The van der Waals surface area contributed by atoms with Crippen LogP contribution in [0, 0.1) is 0 Å². The minimum absolute atomic E-state index is 0.191. The summed E-state index contributed by atoms with van der Waals surface area (Å²) in [6.07, 6.45) is 3.97. The maximum absolute atomic E-state index is 11.1. The summed E-state index contributed by atoms with van der Waals surface area (Å²) >= 11 is 0. The van der Waals surface area contributed by atoms with Gasteiger partial charge in [-0.3, -0.25) is 4.21 Å². The number of nitrogens with zero attached hydrogens (tertiary/aromatic N) is 2. The van der Waals surface area contributed by atoms with Crippen molar-refractivity contribution in [1.82, 2.24) is 9.97 Å². The Kier molecular flexibility index (Phi) is 4.48. The second kappa shape index (κ2) is 5.65. The molecule has 1 aromatic heterocycles. The summed E-state index contributed by atoms with van der Waals surface area (Å²) in [6.45, 7) is 2.70. The first-order chi connectivity index (χ1) is 7.09. The Morgan fingerprint density at radius 2 is 2.33 bits per heavy atom. The van der Waals surface area contributed by atoms with Crippen LogP contribution >= 0.6 is 0 Å². The second-order valence-electron chi connectivity index (χ2n) is 3.35. The molecule has 0 bridgehead atoms. The fourth-order valence-electron chi connectivity index (χ4n) is 1.04. The fraction of sp³-hybridized carbons (Fsp3) is 0.556. The minimum Gasteiger partial charge on any atom is -0.384 e. The van der Waals surface area contributed by atoms with Gasteiger partial charge in [-0.15, -0.1) is 0 Å². The number of rotatable bonds is 5. The Hall–Kier alpha value is -1.17. The van der Waals surface area contributed by atoms with E-state index in [0.29, 0.717) is 11.6 Å². The SMILES string of the molecule is CC(CCNc1cc(N)ncn1)S(C)=O. The van der Waals surface area contributed by atoms with Gasteiger partial charge in [0.25, 0.3) is 0 Å². The molecule has 0 aromatic carbocycles. The van der Waals surface area contributed by atoms with Crippen LogP contribution in [-0.2, 0) is 10.8 Å². The molecule has 84 valence electrons. The van der Waals surface area contributed by atoms with Crippen LogP contribution in [0.3, 0.4) is 0 Å². The maximum atomic E-state index is 11.1. The molecule has 5 nitrogen and oxygen atoms in total. The van der Waals surface area contributed by atoms with Crippen molar-refractivity contribution < 1.29 is 4.21 Å². The van der Waals surface area contributed by atoms with Gasteiger partial charge in [0.15, 0.2) is 0 Å². The van der Waals surface area contributed by atoms with Gasteiger partial charge in [-0.25, -0.2) is 9.97 Å². The monoisotopic (exact) mass is 228 g/mol. The van der Waals surface area contributed by atoms with Crippen LogP contribution in [-0.4, -0.2) is 32.2 Å².